The molecule has 1 unspecified atom stereocenters. The summed E-state index contributed by atoms with van der Waals surface area (Å²) >= 11 is 13.6. The summed E-state index contributed by atoms with van der Waals surface area (Å²) in [5.41, 5.74) is 1.25. The van der Waals surface area contributed by atoms with Crippen LogP contribution in [0.25, 0.3) is 0 Å². The Morgan fingerprint density at radius 1 is 1.13 bits per heavy atom. The molecule has 0 bridgehead atoms. The molecule has 0 saturated heterocycles. The van der Waals surface area contributed by atoms with E-state index in [1.165, 1.54) is 22.7 Å². The summed E-state index contributed by atoms with van der Waals surface area (Å²) < 4.78 is 13.8. The van der Waals surface area contributed by atoms with Crippen LogP contribution in [0.5, 0.6) is 0 Å². The zero-order valence-corrected chi connectivity index (χ0v) is 19.3. The number of rotatable bonds is 10. The molecule has 162 valence electrons. The maximum absolute atomic E-state index is 13.8. The fourth-order valence-electron chi connectivity index (χ4n) is 2.99. The molecule has 0 aliphatic carbocycles. The molecule has 4 nitrogen and oxygen atoms in total. The highest BCUT2D eigenvalue weighted by molar-refractivity contribution is 7.99. The highest BCUT2D eigenvalue weighted by atomic mass is 35.5. The van der Waals surface area contributed by atoms with Gasteiger partial charge in [0, 0.05) is 28.9 Å². The summed E-state index contributed by atoms with van der Waals surface area (Å²) in [5.74, 6) is -0.226. The van der Waals surface area contributed by atoms with Crippen LogP contribution in [0.2, 0.25) is 10.0 Å². The van der Waals surface area contributed by atoms with Crippen molar-refractivity contribution in [2.45, 2.75) is 38.6 Å². The Hall–Kier alpha value is -1.76. The second kappa shape index (κ2) is 12.2. The average Bonchev–Trinajstić information content (AvgIpc) is 2.71. The van der Waals surface area contributed by atoms with Crippen LogP contribution in [-0.4, -0.2) is 35.1 Å². The molecule has 0 aliphatic heterocycles. The van der Waals surface area contributed by atoms with E-state index in [0.717, 1.165) is 0 Å². The number of benzene rings is 2. The van der Waals surface area contributed by atoms with Crippen molar-refractivity contribution in [2.75, 3.05) is 12.3 Å². The molecule has 30 heavy (non-hydrogen) atoms. The molecule has 0 fully saturated rings. The number of carbonyl (C=O) groups is 2. The Kier molecular flexibility index (Phi) is 9.95. The van der Waals surface area contributed by atoms with Crippen LogP contribution < -0.4 is 5.32 Å². The van der Waals surface area contributed by atoms with Gasteiger partial charge in [-0.15, -0.1) is 11.8 Å². The van der Waals surface area contributed by atoms with Gasteiger partial charge in [-0.25, -0.2) is 4.39 Å². The lowest BCUT2D eigenvalue weighted by molar-refractivity contribution is -0.139. The molecule has 2 aromatic rings. The molecule has 0 saturated carbocycles. The number of hydrogen-bond donors (Lipinski definition) is 1. The van der Waals surface area contributed by atoms with Crippen LogP contribution >= 0.6 is 35.0 Å². The molecule has 2 amide bonds. The van der Waals surface area contributed by atoms with Crippen LogP contribution in [0.4, 0.5) is 4.39 Å². The quantitative estimate of drug-likeness (QED) is 0.511. The lowest BCUT2D eigenvalue weighted by Crippen LogP contribution is -2.49. The Balaban J connectivity index is 2.17. The molecule has 0 aromatic heterocycles. The number of thioether (sulfide) groups is 1. The number of likely N-dealkylation sites (N-methyl/N-ethyl adjacent to an activating group) is 1. The molecule has 0 heterocycles. The lowest BCUT2D eigenvalue weighted by Gasteiger charge is -2.30. The fraction of sp³-hybridized carbons (Fsp3) is 0.364. The molecular formula is C22H25Cl2FN2O2S. The minimum atomic E-state index is -0.627. The van der Waals surface area contributed by atoms with E-state index in [1.54, 1.807) is 36.4 Å². The van der Waals surface area contributed by atoms with Gasteiger partial charge in [-0.05, 0) is 42.7 Å². The molecule has 0 spiro atoms. The van der Waals surface area contributed by atoms with Gasteiger partial charge in [0.2, 0.25) is 11.8 Å². The van der Waals surface area contributed by atoms with Gasteiger partial charge in [-0.3, -0.25) is 9.59 Å². The molecule has 2 rings (SSSR count). The number of halogens is 3. The third-order valence-electron chi connectivity index (χ3n) is 4.53. The Labute approximate surface area is 191 Å². The zero-order valence-electron chi connectivity index (χ0n) is 17.0. The summed E-state index contributed by atoms with van der Waals surface area (Å²) in [7, 11) is 0. The van der Waals surface area contributed by atoms with Crippen LogP contribution in [-0.2, 0) is 21.9 Å². The van der Waals surface area contributed by atoms with Gasteiger partial charge < -0.3 is 10.2 Å². The first kappa shape index (κ1) is 24.5. The summed E-state index contributed by atoms with van der Waals surface area (Å²) in [6.45, 7) is 4.35. The summed E-state index contributed by atoms with van der Waals surface area (Å²) in [5, 5.41) is 3.72. The van der Waals surface area contributed by atoms with Crippen molar-refractivity contribution >= 4 is 46.8 Å². The molecule has 2 aromatic carbocycles. The second-order valence-corrected chi connectivity index (χ2v) is 8.49. The van der Waals surface area contributed by atoms with E-state index < -0.39 is 6.04 Å². The summed E-state index contributed by atoms with van der Waals surface area (Å²) in [4.78, 5) is 27.2. The van der Waals surface area contributed by atoms with Crippen molar-refractivity contribution in [1.82, 2.24) is 10.2 Å². The van der Waals surface area contributed by atoms with Crippen molar-refractivity contribution in [3.05, 3.63) is 69.5 Å². The smallest absolute Gasteiger partial charge is 0.242 e. The molecular weight excluding hydrogens is 446 g/mol. The first-order valence-corrected chi connectivity index (χ1v) is 11.6. The first-order valence-electron chi connectivity index (χ1n) is 9.69. The number of nitrogens with one attached hydrogen (secondary N) is 1. The van der Waals surface area contributed by atoms with Crippen molar-refractivity contribution in [3.8, 4) is 0 Å². The fourth-order valence-corrected chi connectivity index (χ4v) is 4.36. The van der Waals surface area contributed by atoms with Gasteiger partial charge in [0.1, 0.15) is 11.9 Å². The van der Waals surface area contributed by atoms with E-state index in [1.807, 2.05) is 13.8 Å². The predicted octanol–water partition coefficient (Wildman–Crippen LogP) is 5.31. The van der Waals surface area contributed by atoms with Crippen LogP contribution in [0.15, 0.2) is 42.5 Å². The third-order valence-corrected chi connectivity index (χ3v) is 6.09. The number of amides is 2. The topological polar surface area (TPSA) is 49.4 Å². The second-order valence-electron chi connectivity index (χ2n) is 6.66. The standard InChI is InChI=1S/C22H25Cl2FN2O2S/c1-3-20(22(29)26-4-2)27(12-15-9-10-17(23)11-18(15)24)21(28)14-30-13-16-7-5-6-8-19(16)25/h5-11,20H,3-4,12-14H2,1-2H3,(H,26,29). The van der Waals surface area contributed by atoms with E-state index in [2.05, 4.69) is 5.32 Å². The van der Waals surface area contributed by atoms with Crippen LogP contribution in [0, 0.1) is 5.82 Å². The normalized spacial score (nSPS) is 11.8. The van der Waals surface area contributed by atoms with Gasteiger partial charge in [0.25, 0.3) is 0 Å². The highest BCUT2D eigenvalue weighted by Crippen LogP contribution is 2.24. The third kappa shape index (κ3) is 6.89. The van der Waals surface area contributed by atoms with Crippen LogP contribution in [0.1, 0.15) is 31.4 Å². The summed E-state index contributed by atoms with van der Waals surface area (Å²) in [6, 6.07) is 10.9. The largest absolute Gasteiger partial charge is 0.355 e. The molecule has 0 aliphatic rings. The van der Waals surface area contributed by atoms with E-state index >= 15 is 0 Å². The molecule has 1 N–H and O–H groups in total. The first-order chi connectivity index (χ1) is 14.4. The van der Waals surface area contributed by atoms with Gasteiger partial charge >= 0.3 is 0 Å². The minimum absolute atomic E-state index is 0.120. The summed E-state index contributed by atoms with van der Waals surface area (Å²) in [6.07, 6.45) is 0.459. The average molecular weight is 471 g/mol. The highest BCUT2D eigenvalue weighted by Gasteiger charge is 2.28. The van der Waals surface area contributed by atoms with Gasteiger partial charge in [0.15, 0.2) is 0 Å². The van der Waals surface area contributed by atoms with E-state index in [4.69, 9.17) is 23.2 Å². The van der Waals surface area contributed by atoms with E-state index in [9.17, 15) is 14.0 Å². The van der Waals surface area contributed by atoms with E-state index in [-0.39, 0.29) is 29.9 Å². The SMILES string of the molecule is CCNC(=O)C(CC)N(Cc1ccc(Cl)cc1Cl)C(=O)CSCc1ccccc1F. The minimum Gasteiger partial charge on any atom is -0.355 e. The Bertz CT molecular complexity index is 882. The van der Waals surface area contributed by atoms with Gasteiger partial charge in [-0.1, -0.05) is 54.4 Å². The number of carbonyl (C=O) groups excluding carboxylic acids is 2. The van der Waals surface area contributed by atoms with Crippen molar-refractivity contribution in [3.63, 3.8) is 0 Å². The maximum atomic E-state index is 13.8. The van der Waals surface area contributed by atoms with Crippen LogP contribution in [0.3, 0.4) is 0 Å². The van der Waals surface area contributed by atoms with E-state index in [0.29, 0.717) is 39.9 Å². The number of nitrogens with zero attached hydrogens (tertiary/aromatic N) is 1. The van der Waals surface area contributed by atoms with Crippen molar-refractivity contribution in [2.24, 2.45) is 0 Å². The van der Waals surface area contributed by atoms with Gasteiger partial charge in [0.05, 0.1) is 5.75 Å². The van der Waals surface area contributed by atoms with Crippen molar-refractivity contribution < 1.29 is 14.0 Å². The Morgan fingerprint density at radius 3 is 2.50 bits per heavy atom. The molecule has 0 radical (unpaired) electrons. The Morgan fingerprint density at radius 2 is 1.87 bits per heavy atom. The molecule has 8 heteroatoms. The monoisotopic (exact) mass is 470 g/mol. The number of hydrogen-bond acceptors (Lipinski definition) is 3. The zero-order chi connectivity index (χ0) is 22.1. The van der Waals surface area contributed by atoms with Gasteiger partial charge in [-0.2, -0.15) is 0 Å². The maximum Gasteiger partial charge on any atom is 0.242 e. The predicted molar refractivity (Wildman–Crippen MR) is 122 cm³/mol. The molecule has 1 atom stereocenters. The lowest BCUT2D eigenvalue weighted by atomic mass is 10.1. The van der Waals surface area contributed by atoms with Crippen molar-refractivity contribution in [1.29, 1.82) is 0 Å².